The standard InChI is InChI=1S/C10H7NO2S/c1-2-6-4-11-5-9-7(6)3-8(14-9)10(12)13/h2-5H,1H2,(H,12,13). The van der Waals surface area contributed by atoms with Crippen molar-refractivity contribution in [1.29, 1.82) is 0 Å². The number of hydrogen-bond donors (Lipinski definition) is 1. The van der Waals surface area contributed by atoms with Crippen molar-refractivity contribution in [3.05, 3.63) is 35.5 Å². The Labute approximate surface area is 84.3 Å². The monoisotopic (exact) mass is 205 g/mol. The molecular formula is C10H7NO2S. The third-order valence-electron chi connectivity index (χ3n) is 1.91. The number of aromatic carboxylic acids is 1. The van der Waals surface area contributed by atoms with Crippen LogP contribution in [-0.4, -0.2) is 16.1 Å². The molecule has 70 valence electrons. The molecule has 2 aromatic rings. The van der Waals surface area contributed by atoms with Gasteiger partial charge in [-0.05, 0) is 6.07 Å². The minimum Gasteiger partial charge on any atom is -0.477 e. The molecule has 4 heteroatoms. The molecule has 0 aliphatic carbocycles. The Hall–Kier alpha value is -1.68. The highest BCUT2D eigenvalue weighted by molar-refractivity contribution is 7.20. The smallest absolute Gasteiger partial charge is 0.345 e. The summed E-state index contributed by atoms with van der Waals surface area (Å²) in [6.07, 6.45) is 5.01. The number of carboxylic acids is 1. The molecule has 14 heavy (non-hydrogen) atoms. The van der Waals surface area contributed by atoms with Gasteiger partial charge in [-0.15, -0.1) is 11.3 Å². The van der Waals surface area contributed by atoms with Crippen molar-refractivity contribution in [2.75, 3.05) is 0 Å². The third-order valence-corrected chi connectivity index (χ3v) is 2.97. The van der Waals surface area contributed by atoms with Crippen molar-refractivity contribution in [2.24, 2.45) is 0 Å². The quantitative estimate of drug-likeness (QED) is 0.819. The normalized spacial score (nSPS) is 10.3. The Balaban J connectivity index is 2.76. The highest BCUT2D eigenvalue weighted by atomic mass is 32.1. The molecule has 1 N–H and O–H groups in total. The molecule has 0 fully saturated rings. The molecule has 0 saturated heterocycles. The van der Waals surface area contributed by atoms with Crippen LogP contribution in [0.2, 0.25) is 0 Å². The van der Waals surface area contributed by atoms with Crippen LogP contribution in [0.25, 0.3) is 16.2 Å². The van der Waals surface area contributed by atoms with Crippen LogP contribution < -0.4 is 0 Å². The molecule has 0 radical (unpaired) electrons. The van der Waals surface area contributed by atoms with E-state index in [-0.39, 0.29) is 0 Å². The summed E-state index contributed by atoms with van der Waals surface area (Å²) >= 11 is 1.23. The van der Waals surface area contributed by atoms with Gasteiger partial charge in [0.05, 0.1) is 4.70 Å². The van der Waals surface area contributed by atoms with Crippen molar-refractivity contribution in [1.82, 2.24) is 4.98 Å². The van der Waals surface area contributed by atoms with E-state index in [1.54, 1.807) is 24.5 Å². The number of thiophene rings is 1. The van der Waals surface area contributed by atoms with Gasteiger partial charge in [-0.25, -0.2) is 4.79 Å². The van der Waals surface area contributed by atoms with Crippen molar-refractivity contribution in [3.63, 3.8) is 0 Å². The maximum atomic E-state index is 10.7. The molecule has 0 saturated carbocycles. The van der Waals surface area contributed by atoms with E-state index < -0.39 is 5.97 Å². The Bertz CT molecular complexity index is 516. The zero-order valence-electron chi connectivity index (χ0n) is 7.23. The van der Waals surface area contributed by atoms with Gasteiger partial charge in [-0.2, -0.15) is 0 Å². The fraction of sp³-hybridized carbons (Fsp3) is 0. The fourth-order valence-electron chi connectivity index (χ4n) is 1.25. The van der Waals surface area contributed by atoms with Crippen LogP contribution in [0.5, 0.6) is 0 Å². The van der Waals surface area contributed by atoms with Crippen LogP contribution >= 0.6 is 11.3 Å². The molecule has 0 spiro atoms. The second-order valence-electron chi connectivity index (χ2n) is 2.76. The lowest BCUT2D eigenvalue weighted by molar-refractivity contribution is 0.0702. The summed E-state index contributed by atoms with van der Waals surface area (Å²) in [6.45, 7) is 3.65. The van der Waals surface area contributed by atoms with Gasteiger partial charge in [0.2, 0.25) is 0 Å². The Kier molecular flexibility index (Phi) is 2.05. The molecule has 0 aromatic carbocycles. The van der Waals surface area contributed by atoms with E-state index in [0.717, 1.165) is 15.6 Å². The van der Waals surface area contributed by atoms with Gasteiger partial charge in [0.1, 0.15) is 4.88 Å². The molecular weight excluding hydrogens is 198 g/mol. The third kappa shape index (κ3) is 1.29. The predicted octanol–water partition coefficient (Wildman–Crippen LogP) is 2.64. The lowest BCUT2D eigenvalue weighted by Crippen LogP contribution is -1.89. The van der Waals surface area contributed by atoms with Crippen LogP contribution in [0.1, 0.15) is 15.2 Å². The SMILES string of the molecule is C=Cc1cncc2sc(C(=O)O)cc12. The van der Waals surface area contributed by atoms with Crippen molar-refractivity contribution < 1.29 is 9.90 Å². The number of pyridine rings is 1. The first-order valence-electron chi connectivity index (χ1n) is 3.95. The molecule has 0 atom stereocenters. The fourth-order valence-corrected chi connectivity index (χ4v) is 2.15. The number of nitrogens with zero attached hydrogens (tertiary/aromatic N) is 1. The first kappa shape index (κ1) is 8.90. The van der Waals surface area contributed by atoms with Crippen LogP contribution in [0.3, 0.4) is 0 Å². The zero-order chi connectivity index (χ0) is 10.1. The summed E-state index contributed by atoms with van der Waals surface area (Å²) < 4.78 is 0.875. The zero-order valence-corrected chi connectivity index (χ0v) is 8.04. The lowest BCUT2D eigenvalue weighted by Gasteiger charge is -1.92. The highest BCUT2D eigenvalue weighted by Crippen LogP contribution is 2.27. The van der Waals surface area contributed by atoms with Gasteiger partial charge >= 0.3 is 5.97 Å². The average Bonchev–Trinajstić information content (AvgIpc) is 2.60. The lowest BCUT2D eigenvalue weighted by atomic mass is 10.2. The van der Waals surface area contributed by atoms with E-state index in [9.17, 15) is 4.79 Å². The Morgan fingerprint density at radius 2 is 2.36 bits per heavy atom. The molecule has 2 aromatic heterocycles. The van der Waals surface area contributed by atoms with E-state index in [4.69, 9.17) is 5.11 Å². The average molecular weight is 205 g/mol. The Morgan fingerprint density at radius 1 is 1.57 bits per heavy atom. The van der Waals surface area contributed by atoms with Gasteiger partial charge in [0.25, 0.3) is 0 Å². The molecule has 0 amide bonds. The van der Waals surface area contributed by atoms with Crippen LogP contribution in [0.15, 0.2) is 25.0 Å². The molecule has 0 unspecified atom stereocenters. The Morgan fingerprint density at radius 3 is 3.00 bits per heavy atom. The van der Waals surface area contributed by atoms with Crippen molar-refractivity contribution in [2.45, 2.75) is 0 Å². The number of aromatic nitrogens is 1. The number of hydrogen-bond acceptors (Lipinski definition) is 3. The molecule has 0 bridgehead atoms. The number of fused-ring (bicyclic) bond motifs is 1. The van der Waals surface area contributed by atoms with Gasteiger partial charge in [-0.1, -0.05) is 12.7 Å². The van der Waals surface area contributed by atoms with E-state index in [1.807, 2.05) is 0 Å². The summed E-state index contributed by atoms with van der Waals surface area (Å²) in [5, 5.41) is 9.71. The molecule has 3 nitrogen and oxygen atoms in total. The van der Waals surface area contributed by atoms with E-state index in [1.165, 1.54) is 11.3 Å². The van der Waals surface area contributed by atoms with Crippen molar-refractivity contribution >= 4 is 33.5 Å². The first-order chi connectivity index (χ1) is 6.72. The highest BCUT2D eigenvalue weighted by Gasteiger charge is 2.09. The summed E-state index contributed by atoms with van der Waals surface area (Å²) in [5.41, 5.74) is 0.867. The molecule has 0 aliphatic heterocycles. The van der Waals surface area contributed by atoms with Gasteiger partial charge < -0.3 is 5.11 Å². The first-order valence-corrected chi connectivity index (χ1v) is 4.77. The largest absolute Gasteiger partial charge is 0.477 e. The number of rotatable bonds is 2. The van der Waals surface area contributed by atoms with Crippen LogP contribution in [0.4, 0.5) is 0 Å². The van der Waals surface area contributed by atoms with Crippen LogP contribution in [-0.2, 0) is 0 Å². The number of carboxylic acid groups (broad SMARTS) is 1. The topological polar surface area (TPSA) is 50.2 Å². The van der Waals surface area contributed by atoms with E-state index in [0.29, 0.717) is 4.88 Å². The minimum absolute atomic E-state index is 0.330. The summed E-state index contributed by atoms with van der Waals surface area (Å²) in [5.74, 6) is -0.902. The molecule has 0 aliphatic rings. The predicted molar refractivity (Wildman–Crippen MR) is 56.7 cm³/mol. The minimum atomic E-state index is -0.902. The second-order valence-corrected chi connectivity index (χ2v) is 3.84. The second kappa shape index (κ2) is 3.23. The maximum absolute atomic E-state index is 10.7. The van der Waals surface area contributed by atoms with Crippen molar-refractivity contribution in [3.8, 4) is 0 Å². The van der Waals surface area contributed by atoms with Gasteiger partial charge in [-0.3, -0.25) is 4.98 Å². The van der Waals surface area contributed by atoms with Gasteiger partial charge in [0, 0.05) is 23.3 Å². The molecule has 2 heterocycles. The van der Waals surface area contributed by atoms with Crippen LogP contribution in [0, 0.1) is 0 Å². The summed E-state index contributed by atoms with van der Waals surface area (Å²) in [6, 6.07) is 1.65. The number of carbonyl (C=O) groups is 1. The molecule has 2 rings (SSSR count). The van der Waals surface area contributed by atoms with E-state index in [2.05, 4.69) is 11.6 Å². The van der Waals surface area contributed by atoms with E-state index >= 15 is 0 Å². The summed E-state index contributed by atoms with van der Waals surface area (Å²) in [4.78, 5) is 15.1. The maximum Gasteiger partial charge on any atom is 0.345 e. The summed E-state index contributed by atoms with van der Waals surface area (Å²) in [7, 11) is 0. The van der Waals surface area contributed by atoms with Gasteiger partial charge in [0.15, 0.2) is 0 Å².